The Kier molecular flexibility index (Phi) is 7.23. The van der Waals surface area contributed by atoms with Crippen LogP contribution in [-0.4, -0.2) is 26.0 Å². The molecule has 7 nitrogen and oxygen atoms in total. The van der Waals surface area contributed by atoms with Crippen molar-refractivity contribution in [3.8, 4) is 23.0 Å². The van der Waals surface area contributed by atoms with Gasteiger partial charge in [0.05, 0.1) is 14.2 Å². The first-order chi connectivity index (χ1) is 15.7. The Morgan fingerprint density at radius 2 is 1.39 bits per heavy atom. The zero-order valence-electron chi connectivity index (χ0n) is 19.4. The van der Waals surface area contributed by atoms with Crippen LogP contribution in [0.2, 0.25) is 0 Å². The molecule has 33 heavy (non-hydrogen) atoms. The maximum absolute atomic E-state index is 12.8. The summed E-state index contributed by atoms with van der Waals surface area (Å²) in [5, 5.41) is 5.69. The molecule has 0 fully saturated rings. The molecule has 0 bridgehead atoms. The second-order valence-electron chi connectivity index (χ2n) is 8.38. The molecule has 0 aliphatic rings. The molecule has 2 N–H and O–H groups in total. The van der Waals surface area contributed by atoms with E-state index in [0.29, 0.717) is 34.2 Å². The summed E-state index contributed by atoms with van der Waals surface area (Å²) >= 11 is 0. The highest BCUT2D eigenvalue weighted by molar-refractivity contribution is 6.05. The van der Waals surface area contributed by atoms with Crippen LogP contribution in [-0.2, 0) is 4.79 Å². The number of carbonyl (C=O) groups is 2. The molecule has 7 heteroatoms. The third kappa shape index (κ3) is 6.26. The van der Waals surface area contributed by atoms with E-state index in [0.717, 1.165) is 5.75 Å². The minimum absolute atomic E-state index is 0.129. The summed E-state index contributed by atoms with van der Waals surface area (Å²) in [6.45, 7) is 5.48. The molecular formula is C26H28N2O5. The van der Waals surface area contributed by atoms with E-state index in [9.17, 15) is 9.59 Å². The van der Waals surface area contributed by atoms with Crippen LogP contribution in [0.5, 0.6) is 23.0 Å². The molecule has 3 aromatic carbocycles. The van der Waals surface area contributed by atoms with Crippen LogP contribution in [0.3, 0.4) is 0 Å². The van der Waals surface area contributed by atoms with Crippen molar-refractivity contribution in [2.45, 2.75) is 20.8 Å². The number of amides is 2. The fraction of sp³-hybridized carbons (Fsp3) is 0.231. The minimum Gasteiger partial charge on any atom is -0.497 e. The summed E-state index contributed by atoms with van der Waals surface area (Å²) in [7, 11) is 3.14. The minimum atomic E-state index is -0.540. The molecule has 172 valence electrons. The molecule has 0 saturated carbocycles. The number of methoxy groups -OCH3 is 2. The van der Waals surface area contributed by atoms with E-state index in [-0.39, 0.29) is 11.8 Å². The van der Waals surface area contributed by atoms with Crippen molar-refractivity contribution in [2.75, 3.05) is 24.9 Å². The van der Waals surface area contributed by atoms with E-state index in [1.165, 1.54) is 0 Å². The predicted molar refractivity (Wildman–Crippen MR) is 129 cm³/mol. The Balaban J connectivity index is 1.76. The summed E-state index contributed by atoms with van der Waals surface area (Å²) in [6.07, 6.45) is 0. The van der Waals surface area contributed by atoms with Crippen LogP contribution in [0, 0.1) is 5.41 Å². The second kappa shape index (κ2) is 10.1. The number of carbonyl (C=O) groups excluding carboxylic acids is 2. The van der Waals surface area contributed by atoms with Gasteiger partial charge >= 0.3 is 0 Å². The molecule has 0 heterocycles. The van der Waals surface area contributed by atoms with Gasteiger partial charge in [-0.25, -0.2) is 0 Å². The maximum atomic E-state index is 12.8. The van der Waals surface area contributed by atoms with E-state index in [4.69, 9.17) is 14.2 Å². The van der Waals surface area contributed by atoms with Gasteiger partial charge in [0.1, 0.15) is 11.5 Å². The molecule has 0 saturated heterocycles. The quantitative estimate of drug-likeness (QED) is 0.482. The van der Waals surface area contributed by atoms with Crippen molar-refractivity contribution in [1.29, 1.82) is 0 Å². The van der Waals surface area contributed by atoms with Crippen molar-refractivity contribution < 1.29 is 23.8 Å². The molecule has 0 atom stereocenters. The largest absolute Gasteiger partial charge is 0.497 e. The Hall–Kier alpha value is -4.00. The van der Waals surface area contributed by atoms with Crippen molar-refractivity contribution >= 4 is 23.2 Å². The van der Waals surface area contributed by atoms with E-state index >= 15 is 0 Å². The standard InChI is InChI=1S/C26H28N2O5/c1-26(2,3)25(30)28-18-8-6-7-17(15-18)24(29)27-19-9-14-22(32-5)23(16-19)33-21-12-10-20(31-4)11-13-21/h6-16H,1-5H3,(H,27,29)(H,28,30). The second-order valence-corrected chi connectivity index (χ2v) is 8.38. The van der Waals surface area contributed by atoms with Gasteiger partial charge in [0.15, 0.2) is 11.5 Å². The number of anilines is 2. The van der Waals surface area contributed by atoms with Crippen LogP contribution < -0.4 is 24.8 Å². The lowest BCUT2D eigenvalue weighted by atomic mass is 9.95. The van der Waals surface area contributed by atoms with Crippen molar-refractivity contribution in [3.63, 3.8) is 0 Å². The van der Waals surface area contributed by atoms with Gasteiger partial charge in [-0.2, -0.15) is 0 Å². The lowest BCUT2D eigenvalue weighted by molar-refractivity contribution is -0.123. The smallest absolute Gasteiger partial charge is 0.255 e. The first-order valence-corrected chi connectivity index (χ1v) is 10.4. The molecule has 0 unspecified atom stereocenters. The summed E-state index contributed by atoms with van der Waals surface area (Å²) < 4.78 is 16.5. The number of ether oxygens (including phenoxy) is 3. The zero-order chi connectivity index (χ0) is 24.0. The van der Waals surface area contributed by atoms with Gasteiger partial charge in [-0.15, -0.1) is 0 Å². The third-order valence-corrected chi connectivity index (χ3v) is 4.77. The number of benzene rings is 3. The first-order valence-electron chi connectivity index (χ1n) is 10.4. The summed E-state index contributed by atoms with van der Waals surface area (Å²) in [5.41, 5.74) is 0.964. The van der Waals surface area contributed by atoms with Gasteiger partial charge in [-0.1, -0.05) is 26.8 Å². The Bertz CT molecular complexity index is 1130. The monoisotopic (exact) mass is 448 g/mol. The molecule has 0 aliphatic carbocycles. The maximum Gasteiger partial charge on any atom is 0.255 e. The molecule has 0 spiro atoms. The van der Waals surface area contributed by atoms with Gasteiger partial charge in [-0.05, 0) is 54.6 Å². The van der Waals surface area contributed by atoms with Crippen LogP contribution in [0.25, 0.3) is 0 Å². The highest BCUT2D eigenvalue weighted by Crippen LogP contribution is 2.34. The first kappa shape index (κ1) is 23.7. The van der Waals surface area contributed by atoms with Crippen molar-refractivity contribution in [1.82, 2.24) is 0 Å². The van der Waals surface area contributed by atoms with E-state index in [1.807, 2.05) is 20.8 Å². The van der Waals surface area contributed by atoms with Crippen LogP contribution in [0.4, 0.5) is 11.4 Å². The fourth-order valence-corrected chi connectivity index (χ4v) is 2.87. The normalized spacial score (nSPS) is 10.8. The highest BCUT2D eigenvalue weighted by Gasteiger charge is 2.21. The fourth-order valence-electron chi connectivity index (χ4n) is 2.87. The predicted octanol–water partition coefficient (Wildman–Crippen LogP) is 5.73. The Morgan fingerprint density at radius 1 is 0.727 bits per heavy atom. The van der Waals surface area contributed by atoms with Gasteiger partial charge in [0.25, 0.3) is 5.91 Å². The van der Waals surface area contributed by atoms with Crippen LogP contribution in [0.1, 0.15) is 31.1 Å². The zero-order valence-corrected chi connectivity index (χ0v) is 19.4. The average Bonchev–Trinajstić information content (AvgIpc) is 2.79. The molecule has 0 radical (unpaired) electrons. The van der Waals surface area contributed by atoms with E-state index in [1.54, 1.807) is 80.9 Å². The topological polar surface area (TPSA) is 85.9 Å². The molecule has 2 amide bonds. The van der Waals surface area contributed by atoms with Crippen molar-refractivity contribution in [2.24, 2.45) is 5.41 Å². The average molecular weight is 449 g/mol. The lowest BCUT2D eigenvalue weighted by Crippen LogP contribution is -2.27. The summed E-state index contributed by atoms with van der Waals surface area (Å²) in [4.78, 5) is 25.1. The Morgan fingerprint density at radius 3 is 2.03 bits per heavy atom. The SMILES string of the molecule is COc1ccc(Oc2cc(NC(=O)c3cccc(NC(=O)C(C)(C)C)c3)ccc2OC)cc1. The molecular weight excluding hydrogens is 420 g/mol. The van der Waals surface area contributed by atoms with Crippen LogP contribution >= 0.6 is 0 Å². The van der Waals surface area contributed by atoms with Crippen molar-refractivity contribution in [3.05, 3.63) is 72.3 Å². The van der Waals surface area contributed by atoms with E-state index in [2.05, 4.69) is 10.6 Å². The van der Waals surface area contributed by atoms with Gasteiger partial charge in [-0.3, -0.25) is 9.59 Å². The number of hydrogen-bond donors (Lipinski definition) is 2. The number of rotatable bonds is 7. The highest BCUT2D eigenvalue weighted by atomic mass is 16.5. The van der Waals surface area contributed by atoms with Gasteiger partial charge in [0, 0.05) is 28.4 Å². The molecule has 0 aliphatic heterocycles. The Labute approximate surface area is 193 Å². The van der Waals surface area contributed by atoms with Gasteiger partial charge in [0.2, 0.25) is 5.91 Å². The van der Waals surface area contributed by atoms with Gasteiger partial charge < -0.3 is 24.8 Å². The van der Waals surface area contributed by atoms with E-state index < -0.39 is 5.41 Å². The molecule has 3 aromatic rings. The number of hydrogen-bond acceptors (Lipinski definition) is 5. The number of nitrogens with one attached hydrogen (secondary N) is 2. The third-order valence-electron chi connectivity index (χ3n) is 4.77. The molecule has 0 aromatic heterocycles. The summed E-state index contributed by atoms with van der Waals surface area (Å²) in [5.74, 6) is 1.84. The summed E-state index contributed by atoms with van der Waals surface area (Å²) in [6, 6.07) is 19.1. The van der Waals surface area contributed by atoms with Crippen LogP contribution in [0.15, 0.2) is 66.7 Å². The lowest BCUT2D eigenvalue weighted by Gasteiger charge is -2.18. The molecule has 3 rings (SSSR count).